The van der Waals surface area contributed by atoms with Crippen LogP contribution in [0.3, 0.4) is 0 Å². The van der Waals surface area contributed by atoms with Crippen molar-refractivity contribution in [3.8, 4) is 5.75 Å². The minimum absolute atomic E-state index is 0.780. The fourth-order valence-corrected chi connectivity index (χ4v) is 3.14. The van der Waals surface area contributed by atoms with Gasteiger partial charge in [-0.05, 0) is 68.3 Å². The zero-order chi connectivity index (χ0) is 19.2. The molecule has 3 nitrogen and oxygen atoms in total. The summed E-state index contributed by atoms with van der Waals surface area (Å²) in [6.07, 6.45) is 8.07. The molecule has 1 fully saturated rings. The summed E-state index contributed by atoms with van der Waals surface area (Å²) in [5, 5.41) is 3.55. The second kappa shape index (κ2) is 13.7. The molecule has 0 saturated heterocycles. The van der Waals surface area contributed by atoms with Gasteiger partial charge in [0.25, 0.3) is 0 Å². The van der Waals surface area contributed by atoms with E-state index in [0.29, 0.717) is 0 Å². The Balaban J connectivity index is 0.00000163. The van der Waals surface area contributed by atoms with E-state index in [0.717, 1.165) is 51.1 Å². The first-order valence-corrected chi connectivity index (χ1v) is 10.5. The van der Waals surface area contributed by atoms with Crippen LogP contribution in [0.25, 0.3) is 0 Å². The maximum atomic E-state index is 5.80. The molecule has 1 aliphatic carbocycles. The third-order valence-electron chi connectivity index (χ3n) is 4.66. The van der Waals surface area contributed by atoms with Crippen LogP contribution in [0.1, 0.15) is 70.9 Å². The Morgan fingerprint density at radius 2 is 1.85 bits per heavy atom. The highest BCUT2D eigenvalue weighted by Crippen LogP contribution is 2.30. The van der Waals surface area contributed by atoms with Crippen molar-refractivity contribution in [3.63, 3.8) is 0 Å². The van der Waals surface area contributed by atoms with Crippen LogP contribution in [0.4, 0.5) is 0 Å². The molecule has 0 bridgehead atoms. The molecule has 1 aliphatic rings. The van der Waals surface area contributed by atoms with E-state index in [-0.39, 0.29) is 0 Å². The van der Waals surface area contributed by atoms with Crippen molar-refractivity contribution >= 4 is 0 Å². The normalized spacial score (nSPS) is 12.7. The molecule has 0 radical (unpaired) electrons. The molecule has 1 saturated carbocycles. The van der Waals surface area contributed by atoms with Crippen molar-refractivity contribution in [2.75, 3.05) is 26.8 Å². The number of ether oxygens (including phenoxy) is 2. The highest BCUT2D eigenvalue weighted by atomic mass is 16.5. The Hall–Kier alpha value is -1.48. The molecule has 0 atom stereocenters. The molecule has 0 unspecified atom stereocenters. The van der Waals surface area contributed by atoms with Gasteiger partial charge in [0.1, 0.15) is 5.75 Å². The first-order valence-electron chi connectivity index (χ1n) is 10.5. The molecule has 1 N–H and O–H groups in total. The topological polar surface area (TPSA) is 30.5 Å². The standard InChI is InChI=1S/C21H33NO2.C2H6/c1-4-7-18-11-10-17(16-21(18)23-3)12-14-22-15-13-20(24-5-2)19-8-6-9-19;1-2/h10-11,16,22H,4-9,12-15H2,1-3H3;1-2H3. The van der Waals surface area contributed by atoms with Crippen LogP contribution in [-0.4, -0.2) is 26.8 Å². The van der Waals surface area contributed by atoms with Gasteiger partial charge in [-0.1, -0.05) is 39.3 Å². The van der Waals surface area contributed by atoms with E-state index in [1.807, 2.05) is 13.8 Å². The molecule has 0 aliphatic heterocycles. The van der Waals surface area contributed by atoms with Crippen molar-refractivity contribution in [1.29, 1.82) is 0 Å². The van der Waals surface area contributed by atoms with Crippen LogP contribution in [0.2, 0.25) is 0 Å². The van der Waals surface area contributed by atoms with Gasteiger partial charge >= 0.3 is 0 Å². The van der Waals surface area contributed by atoms with Crippen LogP contribution in [-0.2, 0) is 17.6 Å². The maximum Gasteiger partial charge on any atom is 0.122 e. The van der Waals surface area contributed by atoms with E-state index in [1.54, 1.807) is 7.11 Å². The molecular weight excluding hydrogens is 322 g/mol. The molecule has 0 heterocycles. The smallest absolute Gasteiger partial charge is 0.122 e. The second-order valence-electron chi connectivity index (χ2n) is 6.46. The van der Waals surface area contributed by atoms with E-state index in [9.17, 15) is 0 Å². The van der Waals surface area contributed by atoms with Crippen molar-refractivity contribution in [3.05, 3.63) is 40.7 Å². The lowest BCUT2D eigenvalue weighted by molar-refractivity contribution is 0.208. The van der Waals surface area contributed by atoms with E-state index < -0.39 is 0 Å². The van der Waals surface area contributed by atoms with Crippen LogP contribution in [0.5, 0.6) is 5.75 Å². The van der Waals surface area contributed by atoms with Gasteiger partial charge in [-0.3, -0.25) is 0 Å². The zero-order valence-corrected chi connectivity index (χ0v) is 17.6. The minimum atomic E-state index is 0.780. The lowest BCUT2D eigenvalue weighted by Crippen LogP contribution is -2.20. The number of hydrogen-bond acceptors (Lipinski definition) is 3. The summed E-state index contributed by atoms with van der Waals surface area (Å²) in [4.78, 5) is 0. The Morgan fingerprint density at radius 1 is 1.08 bits per heavy atom. The quantitative estimate of drug-likeness (QED) is 0.407. The van der Waals surface area contributed by atoms with Crippen molar-refractivity contribution in [2.45, 2.75) is 72.6 Å². The Labute approximate surface area is 161 Å². The zero-order valence-electron chi connectivity index (χ0n) is 17.6. The second-order valence-corrected chi connectivity index (χ2v) is 6.46. The number of aryl methyl sites for hydroxylation is 1. The molecule has 26 heavy (non-hydrogen) atoms. The predicted molar refractivity (Wildman–Crippen MR) is 112 cm³/mol. The van der Waals surface area contributed by atoms with Crippen LogP contribution < -0.4 is 10.1 Å². The van der Waals surface area contributed by atoms with E-state index in [1.165, 1.54) is 41.7 Å². The first-order chi connectivity index (χ1) is 12.8. The fraction of sp³-hybridized carbons (Fsp3) is 0.652. The van der Waals surface area contributed by atoms with Gasteiger partial charge in [0, 0.05) is 13.0 Å². The fourth-order valence-electron chi connectivity index (χ4n) is 3.14. The number of rotatable bonds is 11. The number of allylic oxidation sites excluding steroid dienone is 1. The molecule has 1 aromatic carbocycles. The highest BCUT2D eigenvalue weighted by molar-refractivity contribution is 5.37. The van der Waals surface area contributed by atoms with Crippen molar-refractivity contribution in [1.82, 2.24) is 5.32 Å². The number of nitrogens with one attached hydrogen (secondary N) is 1. The molecular formula is C23H39NO2. The largest absolute Gasteiger partial charge is 0.498 e. The summed E-state index contributed by atoms with van der Waals surface area (Å²) in [5.74, 6) is 2.27. The van der Waals surface area contributed by atoms with Crippen LogP contribution in [0.15, 0.2) is 29.5 Å². The highest BCUT2D eigenvalue weighted by Gasteiger charge is 2.15. The molecule has 2 rings (SSSR count). The molecule has 148 valence electrons. The Bertz CT molecular complexity index is 531. The third-order valence-corrected chi connectivity index (χ3v) is 4.66. The van der Waals surface area contributed by atoms with E-state index >= 15 is 0 Å². The first kappa shape index (κ1) is 22.6. The van der Waals surface area contributed by atoms with Gasteiger partial charge in [-0.15, -0.1) is 0 Å². The van der Waals surface area contributed by atoms with Gasteiger partial charge in [0.15, 0.2) is 0 Å². The number of benzene rings is 1. The summed E-state index contributed by atoms with van der Waals surface area (Å²) in [7, 11) is 1.76. The lowest BCUT2D eigenvalue weighted by Gasteiger charge is -2.22. The lowest BCUT2D eigenvalue weighted by atomic mass is 9.90. The predicted octanol–water partition coefficient (Wildman–Crippen LogP) is 5.67. The molecule has 0 spiro atoms. The Kier molecular flexibility index (Phi) is 11.9. The Morgan fingerprint density at radius 3 is 2.42 bits per heavy atom. The van der Waals surface area contributed by atoms with Crippen molar-refractivity contribution in [2.24, 2.45) is 0 Å². The molecule has 1 aromatic rings. The van der Waals surface area contributed by atoms with E-state index in [2.05, 4.69) is 37.4 Å². The summed E-state index contributed by atoms with van der Waals surface area (Å²) in [6, 6.07) is 6.64. The number of hydrogen-bond donors (Lipinski definition) is 1. The average Bonchev–Trinajstić information content (AvgIpc) is 2.63. The molecule has 3 heteroatoms. The summed E-state index contributed by atoms with van der Waals surface area (Å²) in [5.41, 5.74) is 4.18. The van der Waals surface area contributed by atoms with Gasteiger partial charge in [0.05, 0.1) is 19.5 Å². The third kappa shape index (κ3) is 7.41. The average molecular weight is 362 g/mol. The van der Waals surface area contributed by atoms with Crippen LogP contribution >= 0.6 is 0 Å². The van der Waals surface area contributed by atoms with Gasteiger partial charge in [-0.25, -0.2) is 0 Å². The number of methoxy groups -OCH3 is 1. The minimum Gasteiger partial charge on any atom is -0.498 e. The van der Waals surface area contributed by atoms with Gasteiger partial charge < -0.3 is 14.8 Å². The van der Waals surface area contributed by atoms with E-state index in [4.69, 9.17) is 9.47 Å². The SMILES string of the molecule is CC.CCCc1ccc(CCNCCC(OCC)=C2CCC2)cc1OC. The van der Waals surface area contributed by atoms with Crippen LogP contribution in [0, 0.1) is 0 Å². The summed E-state index contributed by atoms with van der Waals surface area (Å²) >= 11 is 0. The summed E-state index contributed by atoms with van der Waals surface area (Å²) in [6.45, 7) is 11.0. The van der Waals surface area contributed by atoms with Gasteiger partial charge in [-0.2, -0.15) is 0 Å². The molecule has 0 amide bonds. The van der Waals surface area contributed by atoms with Gasteiger partial charge in [0.2, 0.25) is 0 Å². The van der Waals surface area contributed by atoms with Crippen molar-refractivity contribution < 1.29 is 9.47 Å². The summed E-state index contributed by atoms with van der Waals surface area (Å²) < 4.78 is 11.3. The maximum absolute atomic E-state index is 5.80. The monoisotopic (exact) mass is 361 g/mol. The molecule has 0 aromatic heterocycles.